The van der Waals surface area contributed by atoms with Crippen LogP contribution in [0.3, 0.4) is 0 Å². The maximum Gasteiger partial charge on any atom is 0.111 e. The zero-order chi connectivity index (χ0) is 43.7. The van der Waals surface area contributed by atoms with Gasteiger partial charge in [0.2, 0.25) is 0 Å². The third-order valence-corrected chi connectivity index (χ3v) is 7.10. The van der Waals surface area contributed by atoms with Crippen molar-refractivity contribution in [2.75, 3.05) is 0 Å². The van der Waals surface area contributed by atoms with Crippen molar-refractivity contribution in [3.05, 3.63) is 157 Å². The molecule has 0 saturated heterocycles. The van der Waals surface area contributed by atoms with E-state index in [2.05, 4.69) is 4.98 Å². The van der Waals surface area contributed by atoms with Crippen LogP contribution in [-0.2, 0) is 0 Å². The van der Waals surface area contributed by atoms with E-state index in [-0.39, 0.29) is 60.6 Å². The van der Waals surface area contributed by atoms with Gasteiger partial charge in [-0.2, -0.15) is 0 Å². The number of benzene rings is 7. The topological polar surface area (TPSA) is 17.8 Å². The van der Waals surface area contributed by atoms with E-state index in [0.29, 0.717) is 16.9 Å². The van der Waals surface area contributed by atoms with Crippen LogP contribution in [0, 0.1) is 6.92 Å². The van der Waals surface area contributed by atoms with Gasteiger partial charge < -0.3 is 0 Å². The fourth-order valence-electron chi connectivity index (χ4n) is 5.40. The molecule has 0 fully saturated rings. The van der Waals surface area contributed by atoms with Crippen LogP contribution in [0.25, 0.3) is 71.6 Å². The van der Waals surface area contributed by atoms with E-state index in [1.807, 2.05) is 0 Å². The zero-order valence-electron chi connectivity index (χ0n) is 39.9. The van der Waals surface area contributed by atoms with Crippen molar-refractivity contribution in [2.24, 2.45) is 0 Å². The van der Waals surface area contributed by atoms with Gasteiger partial charge in [0.1, 0.15) is 5.82 Å². The Balaban J connectivity index is 1.70. The highest BCUT2D eigenvalue weighted by atomic mass is 15.1. The first-order valence-corrected chi connectivity index (χ1v) is 12.9. The molecule has 0 aliphatic heterocycles. The standard InChI is InChI=1S/C40H28N2/c1-27-41-37-22-12-13-23-38(37)42(27)40-35-20-10-8-18-33(35)39(34-19-9-11-21-36(34)40)32-25-30(28-14-4-2-5-15-28)24-31(26-32)29-16-6-3-7-17-29/h2-26H,1H3/i2D,3D,4D,5D,6D,7D,8D,9D,10D,11D,14D,15D,16D,17D,18D,19D,20D,21D. The fourth-order valence-corrected chi connectivity index (χ4v) is 5.40. The van der Waals surface area contributed by atoms with Gasteiger partial charge in [0.05, 0.1) is 41.4 Å². The minimum Gasteiger partial charge on any atom is -0.295 e. The number of fused-ring (bicyclic) bond motifs is 3. The molecule has 8 aromatic rings. The maximum absolute atomic E-state index is 9.41. The molecular weight excluding hydrogens is 508 g/mol. The molecule has 0 saturated carbocycles. The molecule has 1 aromatic heterocycles. The highest BCUT2D eigenvalue weighted by molar-refractivity contribution is 6.19. The maximum atomic E-state index is 9.41. The lowest BCUT2D eigenvalue weighted by atomic mass is 9.87. The predicted molar refractivity (Wildman–Crippen MR) is 177 cm³/mol. The third kappa shape index (κ3) is 3.92. The number of imidazole rings is 1. The summed E-state index contributed by atoms with van der Waals surface area (Å²) >= 11 is 0. The number of para-hydroxylation sites is 2. The summed E-state index contributed by atoms with van der Waals surface area (Å²) in [5.41, 5.74) is -0.339. The summed E-state index contributed by atoms with van der Waals surface area (Å²) in [6.07, 6.45) is 0. The summed E-state index contributed by atoms with van der Waals surface area (Å²) in [5, 5.41) is -0.790. The van der Waals surface area contributed by atoms with Gasteiger partial charge in [0, 0.05) is 10.8 Å². The molecule has 7 aromatic carbocycles. The number of hydrogen-bond acceptors (Lipinski definition) is 1. The van der Waals surface area contributed by atoms with E-state index in [9.17, 15) is 5.48 Å². The van der Waals surface area contributed by atoms with Crippen LogP contribution in [0.2, 0.25) is 0 Å². The molecule has 0 spiro atoms. The van der Waals surface area contributed by atoms with Crippen molar-refractivity contribution in [1.82, 2.24) is 9.55 Å². The summed E-state index contributed by atoms with van der Waals surface area (Å²) in [7, 11) is 0. The minimum atomic E-state index is -0.702. The van der Waals surface area contributed by atoms with Gasteiger partial charge in [-0.3, -0.25) is 4.57 Å². The van der Waals surface area contributed by atoms with Crippen LogP contribution in [0.4, 0.5) is 0 Å². The molecular formula is C40H28N2. The molecule has 0 radical (unpaired) electrons. The van der Waals surface area contributed by atoms with E-state index in [1.165, 1.54) is 18.2 Å². The van der Waals surface area contributed by atoms with E-state index in [0.717, 1.165) is 0 Å². The Labute approximate surface area is 270 Å². The molecule has 2 nitrogen and oxygen atoms in total. The van der Waals surface area contributed by atoms with Crippen LogP contribution in [0.15, 0.2) is 151 Å². The lowest BCUT2D eigenvalue weighted by Gasteiger charge is -2.20. The summed E-state index contributed by atoms with van der Waals surface area (Å²) in [5.74, 6) is 0.318. The smallest absolute Gasteiger partial charge is 0.111 e. The molecule has 0 aliphatic rings. The summed E-state index contributed by atoms with van der Waals surface area (Å²) in [6, 6.07) is -1.08. The summed E-state index contributed by atoms with van der Waals surface area (Å²) in [6.45, 7) is 1.64. The quantitative estimate of drug-likeness (QED) is 0.198. The largest absolute Gasteiger partial charge is 0.295 e. The molecule has 0 N–H and O–H groups in total. The highest BCUT2D eigenvalue weighted by Crippen LogP contribution is 2.44. The third-order valence-electron chi connectivity index (χ3n) is 7.10. The second-order valence-corrected chi connectivity index (χ2v) is 9.51. The molecule has 1 heterocycles. The van der Waals surface area contributed by atoms with Crippen molar-refractivity contribution >= 4 is 32.6 Å². The van der Waals surface area contributed by atoms with Gasteiger partial charge in [-0.15, -0.1) is 0 Å². The lowest BCUT2D eigenvalue weighted by molar-refractivity contribution is 1.02. The van der Waals surface area contributed by atoms with Gasteiger partial charge in [-0.25, -0.2) is 4.98 Å². The van der Waals surface area contributed by atoms with E-state index < -0.39 is 109 Å². The molecule has 2 heteroatoms. The van der Waals surface area contributed by atoms with Gasteiger partial charge in [0.15, 0.2) is 0 Å². The molecule has 0 atom stereocenters. The Morgan fingerprint density at radius 1 is 0.524 bits per heavy atom. The van der Waals surface area contributed by atoms with Crippen molar-refractivity contribution in [2.45, 2.75) is 6.92 Å². The number of rotatable bonds is 4. The van der Waals surface area contributed by atoms with Crippen molar-refractivity contribution in [1.29, 1.82) is 0 Å². The first kappa shape index (κ1) is 12.2. The van der Waals surface area contributed by atoms with E-state index >= 15 is 0 Å². The lowest BCUT2D eigenvalue weighted by Crippen LogP contribution is -2.01. The average molecular weight is 555 g/mol. The fraction of sp³-hybridized carbons (Fsp3) is 0.0250. The first-order chi connectivity index (χ1) is 28.2. The monoisotopic (exact) mass is 554 g/mol. The molecule has 0 unspecified atom stereocenters. The number of hydrogen-bond donors (Lipinski definition) is 0. The van der Waals surface area contributed by atoms with E-state index in [4.69, 9.17) is 19.2 Å². The van der Waals surface area contributed by atoms with Gasteiger partial charge in [-0.05, 0) is 81.4 Å². The van der Waals surface area contributed by atoms with Crippen LogP contribution in [-0.4, -0.2) is 9.55 Å². The molecule has 198 valence electrons. The van der Waals surface area contributed by atoms with Gasteiger partial charge >= 0.3 is 0 Å². The van der Waals surface area contributed by atoms with Crippen molar-refractivity contribution in [3.8, 4) is 39.1 Å². The summed E-state index contributed by atoms with van der Waals surface area (Å²) in [4.78, 5) is 4.65. The predicted octanol–water partition coefficient (Wildman–Crippen LogP) is 10.6. The second-order valence-electron chi connectivity index (χ2n) is 9.51. The van der Waals surface area contributed by atoms with Gasteiger partial charge in [0.25, 0.3) is 0 Å². The average Bonchev–Trinajstić information content (AvgIpc) is 3.57. The van der Waals surface area contributed by atoms with E-state index in [1.54, 1.807) is 35.8 Å². The van der Waals surface area contributed by atoms with Gasteiger partial charge in [-0.1, -0.05) is 121 Å². The summed E-state index contributed by atoms with van der Waals surface area (Å²) < 4.78 is 160. The minimum absolute atomic E-state index is 0.0263. The molecule has 8 rings (SSSR count). The number of aryl methyl sites for hydroxylation is 1. The van der Waals surface area contributed by atoms with Crippen LogP contribution >= 0.6 is 0 Å². The molecule has 0 aliphatic carbocycles. The first-order valence-electron chi connectivity index (χ1n) is 21.9. The normalized spacial score (nSPS) is 17.5. The SMILES string of the molecule is [2H]c1c([2H])c([2H])c(-c2cc(-c3c([2H])c([2H])c([2H])c([2H])c3[2H])cc(-c3c4c([2H])c([2H])c([2H])c([2H])c4c(-n4c(C)nc5ccccc54)c4c([2H])c([2H])c([2H])c([2H])c34)c2)c([2H])c1[2H]. The Hall–Kier alpha value is -5.47. The Morgan fingerprint density at radius 2 is 1.00 bits per heavy atom. The van der Waals surface area contributed by atoms with Crippen LogP contribution in [0.5, 0.6) is 0 Å². The Bertz CT molecular complexity index is 3040. The molecule has 0 bridgehead atoms. The van der Waals surface area contributed by atoms with Crippen molar-refractivity contribution in [3.63, 3.8) is 0 Å². The Kier molecular flexibility index (Phi) is 2.86. The number of nitrogens with zero attached hydrogens (tertiary/aromatic N) is 2. The zero-order valence-corrected chi connectivity index (χ0v) is 21.9. The molecule has 42 heavy (non-hydrogen) atoms. The van der Waals surface area contributed by atoms with Crippen LogP contribution < -0.4 is 0 Å². The van der Waals surface area contributed by atoms with Crippen molar-refractivity contribution < 1.29 is 24.7 Å². The highest BCUT2D eigenvalue weighted by Gasteiger charge is 2.20. The Morgan fingerprint density at radius 3 is 1.57 bits per heavy atom. The van der Waals surface area contributed by atoms with Crippen LogP contribution in [0.1, 0.15) is 30.5 Å². The second kappa shape index (κ2) is 9.87. The molecule has 0 amide bonds. The number of aromatic nitrogens is 2.